The number of nitrogens with two attached hydrogens (primary N) is 1. The first kappa shape index (κ1) is 14.5. The number of rotatable bonds is 1. The predicted octanol–water partition coefficient (Wildman–Crippen LogP) is 4.30. The number of hydrogen-bond acceptors (Lipinski definition) is 2. The number of hydrogen-bond donors (Lipinski definition) is 1. The van der Waals surface area contributed by atoms with Gasteiger partial charge in [-0.25, -0.2) is 0 Å². The molecular formula is C16H21F3N2. The second-order valence-electron chi connectivity index (χ2n) is 6.31. The van der Waals surface area contributed by atoms with Gasteiger partial charge in [0.15, 0.2) is 0 Å². The molecular weight excluding hydrogens is 277 g/mol. The first-order chi connectivity index (χ1) is 9.95. The van der Waals surface area contributed by atoms with Crippen molar-refractivity contribution in [1.29, 1.82) is 0 Å². The van der Waals surface area contributed by atoms with Crippen LogP contribution in [-0.4, -0.2) is 13.1 Å². The van der Waals surface area contributed by atoms with Crippen LogP contribution in [0.25, 0.3) is 0 Å². The average molecular weight is 298 g/mol. The minimum atomic E-state index is -4.33. The highest BCUT2D eigenvalue weighted by Gasteiger charge is 2.33. The smallest absolute Gasteiger partial charge is 0.397 e. The lowest BCUT2D eigenvalue weighted by Gasteiger charge is -2.42. The Bertz CT molecular complexity index is 513. The van der Waals surface area contributed by atoms with Crippen LogP contribution in [0, 0.1) is 11.8 Å². The molecule has 2 nitrogen and oxygen atoms in total. The van der Waals surface area contributed by atoms with E-state index in [1.165, 1.54) is 31.7 Å². The van der Waals surface area contributed by atoms with E-state index >= 15 is 0 Å². The molecule has 2 N–H and O–H groups in total. The number of halogens is 3. The molecule has 116 valence electrons. The molecule has 2 aliphatic rings. The van der Waals surface area contributed by atoms with Gasteiger partial charge in [0.2, 0.25) is 0 Å². The maximum absolute atomic E-state index is 12.7. The molecule has 0 amide bonds. The average Bonchev–Trinajstić information content (AvgIpc) is 2.45. The second-order valence-corrected chi connectivity index (χ2v) is 6.31. The summed E-state index contributed by atoms with van der Waals surface area (Å²) in [6.45, 7) is 1.83. The van der Waals surface area contributed by atoms with E-state index in [-0.39, 0.29) is 5.69 Å². The SMILES string of the molecule is Nc1cc(C(F)(F)F)ccc1N1CC[C@H]2CCCC[C@@H]2C1. The van der Waals surface area contributed by atoms with Gasteiger partial charge in [-0.1, -0.05) is 19.3 Å². The molecule has 1 saturated heterocycles. The normalized spacial score (nSPS) is 26.5. The largest absolute Gasteiger partial charge is 0.416 e. The van der Waals surface area contributed by atoms with Crippen LogP contribution >= 0.6 is 0 Å². The summed E-state index contributed by atoms with van der Waals surface area (Å²) in [4.78, 5) is 2.17. The fraction of sp³-hybridized carbons (Fsp3) is 0.625. The maximum Gasteiger partial charge on any atom is 0.416 e. The van der Waals surface area contributed by atoms with Crippen LogP contribution in [0.5, 0.6) is 0 Å². The molecule has 21 heavy (non-hydrogen) atoms. The van der Waals surface area contributed by atoms with E-state index in [0.717, 1.165) is 43.2 Å². The number of fused-ring (bicyclic) bond motifs is 1. The van der Waals surface area contributed by atoms with Gasteiger partial charge in [-0.15, -0.1) is 0 Å². The zero-order valence-corrected chi connectivity index (χ0v) is 12.0. The molecule has 1 aliphatic carbocycles. The molecule has 3 rings (SSSR count). The van der Waals surface area contributed by atoms with E-state index in [0.29, 0.717) is 5.92 Å². The third-order valence-corrected chi connectivity index (χ3v) is 4.99. The predicted molar refractivity (Wildman–Crippen MR) is 78.1 cm³/mol. The summed E-state index contributed by atoms with van der Waals surface area (Å²) in [5, 5.41) is 0. The van der Waals surface area contributed by atoms with E-state index in [2.05, 4.69) is 4.90 Å². The van der Waals surface area contributed by atoms with Crippen LogP contribution < -0.4 is 10.6 Å². The van der Waals surface area contributed by atoms with Crippen molar-refractivity contribution >= 4 is 11.4 Å². The van der Waals surface area contributed by atoms with Crippen LogP contribution in [0.2, 0.25) is 0 Å². The number of alkyl halides is 3. The summed E-state index contributed by atoms with van der Waals surface area (Å²) in [5.41, 5.74) is 6.20. The fourth-order valence-electron chi connectivity index (χ4n) is 3.84. The van der Waals surface area contributed by atoms with Gasteiger partial charge >= 0.3 is 6.18 Å². The van der Waals surface area contributed by atoms with Gasteiger partial charge in [-0.05, 0) is 42.9 Å². The molecule has 2 atom stereocenters. The van der Waals surface area contributed by atoms with Crippen LogP contribution in [-0.2, 0) is 6.18 Å². The first-order valence-corrected chi connectivity index (χ1v) is 7.67. The van der Waals surface area contributed by atoms with Crippen molar-refractivity contribution in [2.45, 2.75) is 38.3 Å². The molecule has 2 fully saturated rings. The van der Waals surface area contributed by atoms with Crippen molar-refractivity contribution in [3.63, 3.8) is 0 Å². The van der Waals surface area contributed by atoms with E-state index in [1.54, 1.807) is 0 Å². The van der Waals surface area contributed by atoms with Crippen LogP contribution in [0.1, 0.15) is 37.7 Å². The summed E-state index contributed by atoms with van der Waals surface area (Å²) in [5.74, 6) is 1.47. The molecule has 1 heterocycles. The first-order valence-electron chi connectivity index (χ1n) is 7.67. The zero-order chi connectivity index (χ0) is 15.0. The lowest BCUT2D eigenvalue weighted by molar-refractivity contribution is -0.137. The van der Waals surface area contributed by atoms with Crippen molar-refractivity contribution in [3.8, 4) is 0 Å². The van der Waals surface area contributed by atoms with Gasteiger partial charge in [-0.3, -0.25) is 0 Å². The van der Waals surface area contributed by atoms with Crippen molar-refractivity contribution in [3.05, 3.63) is 23.8 Å². The number of nitrogens with zero attached hydrogens (tertiary/aromatic N) is 1. The Morgan fingerprint density at radius 3 is 2.43 bits per heavy atom. The topological polar surface area (TPSA) is 29.3 Å². The minimum Gasteiger partial charge on any atom is -0.397 e. The van der Waals surface area contributed by atoms with Gasteiger partial charge in [0.25, 0.3) is 0 Å². The van der Waals surface area contributed by atoms with Crippen molar-refractivity contribution in [1.82, 2.24) is 0 Å². The van der Waals surface area contributed by atoms with Crippen LogP contribution in [0.3, 0.4) is 0 Å². The molecule has 0 radical (unpaired) electrons. The molecule has 0 unspecified atom stereocenters. The van der Waals surface area contributed by atoms with E-state index in [1.807, 2.05) is 0 Å². The Labute approximate surface area is 123 Å². The minimum absolute atomic E-state index is 0.235. The highest BCUT2D eigenvalue weighted by atomic mass is 19.4. The molecule has 1 aromatic rings. The Kier molecular flexibility index (Phi) is 3.76. The molecule has 0 spiro atoms. The number of benzene rings is 1. The molecule has 1 aliphatic heterocycles. The lowest BCUT2D eigenvalue weighted by Crippen LogP contribution is -2.42. The van der Waals surface area contributed by atoms with E-state index < -0.39 is 11.7 Å². The Balaban J connectivity index is 1.78. The summed E-state index contributed by atoms with van der Waals surface area (Å²) < 4.78 is 38.1. The molecule has 5 heteroatoms. The Morgan fingerprint density at radius 2 is 1.76 bits per heavy atom. The van der Waals surface area contributed by atoms with Gasteiger partial charge in [0, 0.05) is 13.1 Å². The summed E-state index contributed by atoms with van der Waals surface area (Å²) in [6.07, 6.45) is 1.94. The van der Waals surface area contributed by atoms with Crippen molar-refractivity contribution in [2.75, 3.05) is 23.7 Å². The van der Waals surface area contributed by atoms with E-state index in [9.17, 15) is 13.2 Å². The lowest BCUT2D eigenvalue weighted by atomic mass is 9.75. The quantitative estimate of drug-likeness (QED) is 0.783. The number of nitrogen functional groups attached to an aromatic ring is 1. The number of piperidine rings is 1. The summed E-state index contributed by atoms with van der Waals surface area (Å²) in [6, 6.07) is 3.72. The van der Waals surface area contributed by atoms with Crippen LogP contribution in [0.15, 0.2) is 18.2 Å². The van der Waals surface area contributed by atoms with Crippen molar-refractivity contribution in [2.24, 2.45) is 11.8 Å². The highest BCUT2D eigenvalue weighted by molar-refractivity contribution is 5.69. The molecule has 1 saturated carbocycles. The van der Waals surface area contributed by atoms with Crippen molar-refractivity contribution < 1.29 is 13.2 Å². The Morgan fingerprint density at radius 1 is 1.05 bits per heavy atom. The Hall–Kier alpha value is -1.39. The highest BCUT2D eigenvalue weighted by Crippen LogP contribution is 2.40. The van der Waals surface area contributed by atoms with Gasteiger partial charge < -0.3 is 10.6 Å². The van der Waals surface area contributed by atoms with Gasteiger partial charge in [0.1, 0.15) is 0 Å². The third-order valence-electron chi connectivity index (χ3n) is 4.99. The molecule has 0 bridgehead atoms. The summed E-state index contributed by atoms with van der Waals surface area (Å²) >= 11 is 0. The number of anilines is 2. The van der Waals surface area contributed by atoms with Gasteiger partial charge in [0.05, 0.1) is 16.9 Å². The third kappa shape index (κ3) is 2.97. The monoisotopic (exact) mass is 298 g/mol. The zero-order valence-electron chi connectivity index (χ0n) is 12.0. The molecule has 1 aromatic carbocycles. The van der Waals surface area contributed by atoms with Crippen LogP contribution in [0.4, 0.5) is 24.5 Å². The van der Waals surface area contributed by atoms with E-state index in [4.69, 9.17) is 5.73 Å². The fourth-order valence-corrected chi connectivity index (χ4v) is 3.84. The maximum atomic E-state index is 12.7. The van der Waals surface area contributed by atoms with Gasteiger partial charge in [-0.2, -0.15) is 13.2 Å². The standard InChI is InChI=1S/C16H21F3N2/c17-16(18,19)13-5-6-15(14(20)9-13)21-8-7-11-3-1-2-4-12(11)10-21/h5-6,9,11-12H,1-4,7-8,10,20H2/t11-,12-/m1/s1. The second kappa shape index (κ2) is 5.43. The molecule has 0 aromatic heterocycles. The summed E-state index contributed by atoms with van der Waals surface area (Å²) in [7, 11) is 0.